The minimum Gasteiger partial charge on any atom is -0.391 e. The van der Waals surface area contributed by atoms with Gasteiger partial charge in [0.15, 0.2) is 11.5 Å². The molecule has 0 unspecified atom stereocenters. The number of nitrogens with one attached hydrogen (secondary N) is 1. The number of anilines is 1. The summed E-state index contributed by atoms with van der Waals surface area (Å²) < 4.78 is 0. The minimum absolute atomic E-state index is 0.0547. The first-order valence-corrected chi connectivity index (χ1v) is 10.3. The minimum atomic E-state index is -0.542. The first-order valence-electron chi connectivity index (χ1n) is 10.3. The van der Waals surface area contributed by atoms with Crippen molar-refractivity contribution in [2.24, 2.45) is 11.3 Å². The number of β-amino-alcohol motifs (C(OH)–C–C–N with tert-alkyl or cyclic N) is 1. The van der Waals surface area contributed by atoms with Crippen molar-refractivity contribution in [3.8, 4) is 6.07 Å². The highest BCUT2D eigenvalue weighted by atomic mass is 16.3. The zero-order valence-electron chi connectivity index (χ0n) is 16.6. The topological polar surface area (TPSA) is 105 Å². The molecule has 8 heteroatoms. The SMILES string of the molecule is N#Cc1nccnc1N1C[C@@H](O)[C@@]2(C1)[C@H](CN1CCNC(=O)C1)[C@H]2c1ccccc1. The number of piperazine rings is 1. The largest absolute Gasteiger partial charge is 0.391 e. The van der Waals surface area contributed by atoms with Crippen molar-refractivity contribution in [2.45, 2.75) is 12.0 Å². The van der Waals surface area contributed by atoms with Crippen molar-refractivity contribution < 1.29 is 9.90 Å². The molecule has 3 fully saturated rings. The monoisotopic (exact) mass is 404 g/mol. The van der Waals surface area contributed by atoms with E-state index in [0.29, 0.717) is 32.0 Å². The van der Waals surface area contributed by atoms with Gasteiger partial charge < -0.3 is 15.3 Å². The molecule has 8 nitrogen and oxygen atoms in total. The lowest BCUT2D eigenvalue weighted by Gasteiger charge is -2.27. The van der Waals surface area contributed by atoms with Crippen molar-refractivity contribution in [3.63, 3.8) is 0 Å². The number of amides is 1. The average molecular weight is 404 g/mol. The number of hydrogen-bond acceptors (Lipinski definition) is 7. The highest BCUT2D eigenvalue weighted by Crippen LogP contribution is 2.69. The fraction of sp³-hybridized carbons (Fsp3) is 0.455. The molecule has 2 aliphatic heterocycles. The average Bonchev–Trinajstić information content (AvgIpc) is 3.26. The summed E-state index contributed by atoms with van der Waals surface area (Å²) in [5, 5.41) is 23.5. The molecule has 3 aliphatic rings. The van der Waals surface area contributed by atoms with E-state index in [2.05, 4.69) is 38.4 Å². The zero-order chi connectivity index (χ0) is 20.7. The van der Waals surface area contributed by atoms with Crippen LogP contribution in [0.2, 0.25) is 0 Å². The van der Waals surface area contributed by atoms with Crippen LogP contribution in [0.3, 0.4) is 0 Å². The Labute approximate surface area is 175 Å². The second-order valence-corrected chi connectivity index (χ2v) is 8.43. The molecule has 5 rings (SSSR count). The molecule has 1 saturated carbocycles. The fourth-order valence-electron chi connectivity index (χ4n) is 5.50. The summed E-state index contributed by atoms with van der Waals surface area (Å²) >= 11 is 0. The van der Waals surface area contributed by atoms with Gasteiger partial charge in [0.1, 0.15) is 6.07 Å². The van der Waals surface area contributed by atoms with Crippen LogP contribution in [0.1, 0.15) is 17.2 Å². The summed E-state index contributed by atoms with van der Waals surface area (Å²) in [4.78, 5) is 24.5. The standard InChI is InChI=1S/C22H24N6O2/c23-10-17-21(26-7-6-24-17)28-12-18(29)22(14-28)16(11-27-9-8-25-19(30)13-27)20(22)15-4-2-1-3-5-15/h1-7,16,18,20,29H,8-9,11-14H2,(H,25,30)/t16-,18-,20-,22-/m1/s1. The highest BCUT2D eigenvalue weighted by Gasteiger charge is 2.71. The van der Waals surface area contributed by atoms with Gasteiger partial charge >= 0.3 is 0 Å². The van der Waals surface area contributed by atoms with E-state index in [9.17, 15) is 15.2 Å². The molecule has 2 N–H and O–H groups in total. The Bertz CT molecular complexity index is 993. The van der Waals surface area contributed by atoms with Crippen molar-refractivity contribution in [2.75, 3.05) is 44.2 Å². The molecule has 0 bridgehead atoms. The Kier molecular flexibility index (Phi) is 4.65. The number of aromatic nitrogens is 2. The van der Waals surface area contributed by atoms with Crippen LogP contribution in [-0.4, -0.2) is 71.3 Å². The molecule has 2 saturated heterocycles. The molecule has 1 spiro atoms. The Morgan fingerprint density at radius 2 is 2.07 bits per heavy atom. The zero-order valence-corrected chi connectivity index (χ0v) is 16.6. The van der Waals surface area contributed by atoms with Gasteiger partial charge in [0, 0.05) is 50.5 Å². The second-order valence-electron chi connectivity index (χ2n) is 8.43. The summed E-state index contributed by atoms with van der Waals surface area (Å²) in [6.45, 7) is 3.69. The molecule has 1 amide bonds. The number of nitrogens with zero attached hydrogens (tertiary/aromatic N) is 5. The van der Waals surface area contributed by atoms with E-state index in [4.69, 9.17) is 0 Å². The van der Waals surface area contributed by atoms with Gasteiger partial charge in [-0.25, -0.2) is 9.97 Å². The van der Waals surface area contributed by atoms with Gasteiger partial charge in [0.05, 0.1) is 12.6 Å². The quantitative estimate of drug-likeness (QED) is 0.758. The molecule has 3 heterocycles. The van der Waals surface area contributed by atoms with E-state index in [-0.39, 0.29) is 28.9 Å². The van der Waals surface area contributed by atoms with Gasteiger partial charge in [0.2, 0.25) is 5.91 Å². The third-order valence-corrected chi connectivity index (χ3v) is 6.86. The van der Waals surface area contributed by atoms with Gasteiger partial charge in [-0.05, 0) is 17.4 Å². The van der Waals surface area contributed by atoms with Crippen LogP contribution in [0.5, 0.6) is 0 Å². The van der Waals surface area contributed by atoms with E-state index < -0.39 is 6.10 Å². The summed E-state index contributed by atoms with van der Waals surface area (Å²) in [7, 11) is 0. The summed E-state index contributed by atoms with van der Waals surface area (Å²) in [5.74, 6) is 1.02. The second kappa shape index (κ2) is 7.35. The summed E-state index contributed by atoms with van der Waals surface area (Å²) in [5.41, 5.74) is 1.17. The molecular formula is C22H24N6O2. The number of rotatable bonds is 4. The van der Waals surface area contributed by atoms with Gasteiger partial charge in [-0.15, -0.1) is 0 Å². The van der Waals surface area contributed by atoms with Crippen LogP contribution in [0.25, 0.3) is 0 Å². The molecular weight excluding hydrogens is 380 g/mol. The lowest BCUT2D eigenvalue weighted by molar-refractivity contribution is -0.124. The number of carbonyl (C=O) groups excluding carboxylic acids is 1. The van der Waals surface area contributed by atoms with Crippen LogP contribution in [0.15, 0.2) is 42.7 Å². The van der Waals surface area contributed by atoms with Crippen LogP contribution in [-0.2, 0) is 4.79 Å². The first kappa shape index (κ1) is 19.0. The van der Waals surface area contributed by atoms with Crippen LogP contribution >= 0.6 is 0 Å². The molecule has 1 aromatic heterocycles. The summed E-state index contributed by atoms with van der Waals surface area (Å²) in [6, 6.07) is 12.4. The highest BCUT2D eigenvalue weighted by molar-refractivity contribution is 5.78. The van der Waals surface area contributed by atoms with Crippen molar-refractivity contribution in [3.05, 3.63) is 54.0 Å². The Balaban J connectivity index is 1.45. The van der Waals surface area contributed by atoms with Crippen LogP contribution in [0, 0.1) is 22.7 Å². The lowest BCUT2D eigenvalue weighted by Crippen LogP contribution is -2.48. The maximum atomic E-state index is 11.9. The van der Waals surface area contributed by atoms with E-state index in [1.807, 2.05) is 23.1 Å². The fourth-order valence-corrected chi connectivity index (χ4v) is 5.50. The first-order chi connectivity index (χ1) is 14.6. The van der Waals surface area contributed by atoms with Crippen LogP contribution < -0.4 is 10.2 Å². The van der Waals surface area contributed by atoms with Crippen molar-refractivity contribution in [1.82, 2.24) is 20.2 Å². The van der Waals surface area contributed by atoms with Gasteiger partial charge in [0.25, 0.3) is 0 Å². The number of nitriles is 1. The van der Waals surface area contributed by atoms with E-state index in [1.54, 1.807) is 6.20 Å². The predicted molar refractivity (Wildman–Crippen MR) is 110 cm³/mol. The summed E-state index contributed by atoms with van der Waals surface area (Å²) in [6.07, 6.45) is 2.55. The Hall–Kier alpha value is -3.02. The molecule has 4 atom stereocenters. The third kappa shape index (κ3) is 3.02. The number of aliphatic hydroxyl groups is 1. The smallest absolute Gasteiger partial charge is 0.234 e. The van der Waals surface area contributed by atoms with E-state index in [1.165, 1.54) is 11.8 Å². The van der Waals surface area contributed by atoms with E-state index >= 15 is 0 Å². The van der Waals surface area contributed by atoms with Gasteiger partial charge in [-0.2, -0.15) is 5.26 Å². The molecule has 1 aliphatic carbocycles. The number of hydrogen-bond donors (Lipinski definition) is 2. The molecule has 0 radical (unpaired) electrons. The molecule has 30 heavy (non-hydrogen) atoms. The normalized spacial score (nSPS) is 30.9. The molecule has 154 valence electrons. The maximum Gasteiger partial charge on any atom is 0.234 e. The molecule has 1 aromatic carbocycles. The van der Waals surface area contributed by atoms with Crippen LogP contribution in [0.4, 0.5) is 5.82 Å². The Morgan fingerprint density at radius 3 is 2.83 bits per heavy atom. The Morgan fingerprint density at radius 1 is 1.27 bits per heavy atom. The molecule has 2 aromatic rings. The lowest BCUT2D eigenvalue weighted by atomic mass is 9.95. The maximum absolute atomic E-state index is 11.9. The van der Waals surface area contributed by atoms with Gasteiger partial charge in [-0.1, -0.05) is 30.3 Å². The number of carbonyl (C=O) groups is 1. The van der Waals surface area contributed by atoms with Crippen molar-refractivity contribution >= 4 is 11.7 Å². The number of aliphatic hydroxyl groups excluding tert-OH is 1. The van der Waals surface area contributed by atoms with E-state index in [0.717, 1.165) is 13.1 Å². The predicted octanol–water partition coefficient (Wildman–Crippen LogP) is 0.361. The number of benzene rings is 1. The van der Waals surface area contributed by atoms with Gasteiger partial charge in [-0.3, -0.25) is 9.69 Å². The van der Waals surface area contributed by atoms with Crippen molar-refractivity contribution in [1.29, 1.82) is 5.26 Å². The third-order valence-electron chi connectivity index (χ3n) is 6.86.